The molecule has 0 saturated heterocycles. The van der Waals surface area contributed by atoms with Crippen LogP contribution in [0.5, 0.6) is 0 Å². The summed E-state index contributed by atoms with van der Waals surface area (Å²) in [6.45, 7) is 4.81. The summed E-state index contributed by atoms with van der Waals surface area (Å²) in [6, 6.07) is 9.94. The van der Waals surface area contributed by atoms with Crippen LogP contribution in [0.4, 0.5) is 0 Å². The van der Waals surface area contributed by atoms with Gasteiger partial charge in [0.1, 0.15) is 4.64 Å². The number of carbonyl (C=O) groups is 1. The number of aryl methyl sites for hydroxylation is 1. The highest BCUT2D eigenvalue weighted by molar-refractivity contribution is 7.71. The van der Waals surface area contributed by atoms with E-state index in [1.54, 1.807) is 0 Å². The molecule has 23 heavy (non-hydrogen) atoms. The van der Waals surface area contributed by atoms with E-state index in [-0.39, 0.29) is 5.91 Å². The van der Waals surface area contributed by atoms with E-state index in [2.05, 4.69) is 24.1 Å². The van der Waals surface area contributed by atoms with Crippen molar-refractivity contribution in [1.29, 1.82) is 0 Å². The fourth-order valence-corrected chi connectivity index (χ4v) is 3.70. The molecular formula is C19H22N2OS. The van der Waals surface area contributed by atoms with Crippen molar-refractivity contribution in [2.75, 3.05) is 0 Å². The van der Waals surface area contributed by atoms with Gasteiger partial charge in [0.25, 0.3) is 5.91 Å². The minimum atomic E-state index is -0.0690. The van der Waals surface area contributed by atoms with Crippen molar-refractivity contribution in [3.63, 3.8) is 0 Å². The van der Waals surface area contributed by atoms with E-state index in [1.165, 1.54) is 12.0 Å². The lowest BCUT2D eigenvalue weighted by molar-refractivity contribution is 0.0948. The number of aromatic nitrogens is 1. The van der Waals surface area contributed by atoms with Crippen LogP contribution in [0.15, 0.2) is 30.3 Å². The number of hydrogen-bond donors (Lipinski definition) is 2. The van der Waals surface area contributed by atoms with E-state index in [4.69, 9.17) is 12.2 Å². The second kappa shape index (κ2) is 6.67. The molecule has 1 heterocycles. The van der Waals surface area contributed by atoms with Crippen LogP contribution in [0.2, 0.25) is 0 Å². The highest BCUT2D eigenvalue weighted by Gasteiger charge is 2.24. The first-order valence-electron chi connectivity index (χ1n) is 8.13. The summed E-state index contributed by atoms with van der Waals surface area (Å²) in [6.07, 6.45) is 3.12. The highest BCUT2D eigenvalue weighted by Crippen LogP contribution is 2.30. The first-order chi connectivity index (χ1) is 11.1. The zero-order valence-electron chi connectivity index (χ0n) is 13.6. The van der Waals surface area contributed by atoms with Crippen LogP contribution in [-0.2, 0) is 19.4 Å². The van der Waals surface area contributed by atoms with E-state index < -0.39 is 0 Å². The number of benzene rings is 1. The zero-order chi connectivity index (χ0) is 16.4. The van der Waals surface area contributed by atoms with Crippen LogP contribution in [-0.4, -0.2) is 10.9 Å². The Kier molecular flexibility index (Phi) is 4.62. The topological polar surface area (TPSA) is 44.9 Å². The third kappa shape index (κ3) is 3.37. The van der Waals surface area contributed by atoms with Crippen LogP contribution >= 0.6 is 12.2 Å². The van der Waals surface area contributed by atoms with Crippen LogP contribution in [0.25, 0.3) is 0 Å². The first kappa shape index (κ1) is 15.9. The molecule has 1 aliphatic carbocycles. The maximum atomic E-state index is 12.7. The Balaban J connectivity index is 1.90. The molecule has 0 spiro atoms. The Morgan fingerprint density at radius 2 is 2.04 bits per heavy atom. The number of rotatable bonds is 3. The van der Waals surface area contributed by atoms with Gasteiger partial charge in [0.2, 0.25) is 0 Å². The summed E-state index contributed by atoms with van der Waals surface area (Å²) >= 11 is 5.45. The van der Waals surface area contributed by atoms with Gasteiger partial charge in [0.05, 0.1) is 5.56 Å². The molecule has 2 N–H and O–H groups in total. The van der Waals surface area contributed by atoms with E-state index in [0.717, 1.165) is 29.7 Å². The van der Waals surface area contributed by atoms with E-state index in [0.29, 0.717) is 22.7 Å². The molecule has 0 bridgehead atoms. The van der Waals surface area contributed by atoms with Crippen molar-refractivity contribution in [2.45, 2.75) is 39.7 Å². The SMILES string of the molecule is Cc1[nH]c(=S)c(C(=O)NCc2ccccc2)c2c1CC[C@H](C)C2. The lowest BCUT2D eigenvalue weighted by Crippen LogP contribution is -2.27. The summed E-state index contributed by atoms with van der Waals surface area (Å²) in [7, 11) is 0. The van der Waals surface area contributed by atoms with Gasteiger partial charge >= 0.3 is 0 Å². The number of pyridine rings is 1. The molecule has 1 aliphatic rings. The lowest BCUT2D eigenvalue weighted by atomic mass is 9.82. The number of H-pyrrole nitrogens is 1. The highest BCUT2D eigenvalue weighted by atomic mass is 32.1. The number of aromatic amines is 1. The molecule has 1 aromatic heterocycles. The summed E-state index contributed by atoms with van der Waals surface area (Å²) in [5.74, 6) is 0.528. The molecular weight excluding hydrogens is 304 g/mol. The Morgan fingerprint density at radius 3 is 2.78 bits per heavy atom. The lowest BCUT2D eigenvalue weighted by Gasteiger charge is -2.25. The molecule has 3 nitrogen and oxygen atoms in total. The van der Waals surface area contributed by atoms with Crippen molar-refractivity contribution in [3.05, 3.63) is 62.9 Å². The number of fused-ring (bicyclic) bond motifs is 1. The average molecular weight is 326 g/mol. The van der Waals surface area contributed by atoms with Crippen LogP contribution in [0, 0.1) is 17.5 Å². The molecule has 4 heteroatoms. The second-order valence-electron chi connectivity index (χ2n) is 6.43. The molecule has 1 aromatic carbocycles. The van der Waals surface area contributed by atoms with Gasteiger partial charge in [-0.2, -0.15) is 0 Å². The predicted octanol–water partition coefficient (Wildman–Crippen LogP) is 4.11. The molecule has 120 valence electrons. The zero-order valence-corrected chi connectivity index (χ0v) is 14.4. The largest absolute Gasteiger partial charge is 0.349 e. The van der Waals surface area contributed by atoms with Crippen molar-refractivity contribution in [2.24, 2.45) is 5.92 Å². The van der Waals surface area contributed by atoms with Gasteiger partial charge in [-0.25, -0.2) is 0 Å². The summed E-state index contributed by atoms with van der Waals surface area (Å²) in [5, 5.41) is 3.01. The minimum absolute atomic E-state index is 0.0690. The normalized spacial score (nSPS) is 16.7. The molecule has 0 saturated carbocycles. The van der Waals surface area contributed by atoms with E-state index in [1.807, 2.05) is 30.3 Å². The van der Waals surface area contributed by atoms with Crippen molar-refractivity contribution in [1.82, 2.24) is 10.3 Å². The van der Waals surface area contributed by atoms with Gasteiger partial charge in [0, 0.05) is 12.2 Å². The Hall–Kier alpha value is -1.94. The number of nitrogens with one attached hydrogen (secondary N) is 2. The van der Waals surface area contributed by atoms with Gasteiger partial charge in [-0.3, -0.25) is 4.79 Å². The maximum absolute atomic E-state index is 12.7. The van der Waals surface area contributed by atoms with Crippen LogP contribution < -0.4 is 5.32 Å². The Bertz CT molecular complexity index is 780. The summed E-state index contributed by atoms with van der Waals surface area (Å²) in [4.78, 5) is 15.9. The summed E-state index contributed by atoms with van der Waals surface area (Å²) < 4.78 is 0.556. The van der Waals surface area contributed by atoms with Crippen molar-refractivity contribution < 1.29 is 4.79 Å². The molecule has 0 aliphatic heterocycles. The number of hydrogen-bond acceptors (Lipinski definition) is 2. The molecule has 3 rings (SSSR count). The smallest absolute Gasteiger partial charge is 0.254 e. The van der Waals surface area contributed by atoms with Gasteiger partial charge in [-0.05, 0) is 48.8 Å². The Morgan fingerprint density at radius 1 is 1.30 bits per heavy atom. The minimum Gasteiger partial charge on any atom is -0.349 e. The number of amides is 1. The third-order valence-electron chi connectivity index (χ3n) is 4.61. The molecule has 0 radical (unpaired) electrons. The predicted molar refractivity (Wildman–Crippen MR) is 95.2 cm³/mol. The molecule has 2 aromatic rings. The van der Waals surface area contributed by atoms with Crippen LogP contribution in [0.1, 0.15) is 46.1 Å². The maximum Gasteiger partial charge on any atom is 0.254 e. The van der Waals surface area contributed by atoms with Gasteiger partial charge in [0.15, 0.2) is 0 Å². The third-order valence-corrected chi connectivity index (χ3v) is 4.92. The van der Waals surface area contributed by atoms with Gasteiger partial charge < -0.3 is 10.3 Å². The van der Waals surface area contributed by atoms with Gasteiger partial charge in [-0.1, -0.05) is 49.5 Å². The monoisotopic (exact) mass is 326 g/mol. The fourth-order valence-electron chi connectivity index (χ4n) is 3.33. The molecule has 1 atom stereocenters. The van der Waals surface area contributed by atoms with E-state index >= 15 is 0 Å². The average Bonchev–Trinajstić information content (AvgIpc) is 2.53. The Labute approximate surface area is 142 Å². The second-order valence-corrected chi connectivity index (χ2v) is 6.84. The molecule has 1 amide bonds. The molecule has 0 unspecified atom stereocenters. The fraction of sp³-hybridized carbons (Fsp3) is 0.368. The van der Waals surface area contributed by atoms with Gasteiger partial charge in [-0.15, -0.1) is 0 Å². The molecule has 0 fully saturated rings. The summed E-state index contributed by atoms with van der Waals surface area (Å²) in [5.41, 5.74) is 5.29. The quantitative estimate of drug-likeness (QED) is 0.834. The first-order valence-corrected chi connectivity index (χ1v) is 8.54. The van der Waals surface area contributed by atoms with Crippen molar-refractivity contribution in [3.8, 4) is 0 Å². The van der Waals surface area contributed by atoms with Crippen molar-refractivity contribution >= 4 is 18.1 Å². The van der Waals surface area contributed by atoms with Crippen LogP contribution in [0.3, 0.4) is 0 Å². The standard InChI is InChI=1S/C19H22N2OS/c1-12-8-9-15-13(2)21-19(23)17(16(15)10-12)18(22)20-11-14-6-4-3-5-7-14/h3-7,12H,8-11H2,1-2H3,(H,20,22)(H,21,23)/t12-/m0/s1. The van der Waals surface area contributed by atoms with E-state index in [9.17, 15) is 4.79 Å². The number of carbonyl (C=O) groups excluding carboxylic acids is 1.